The van der Waals surface area contributed by atoms with Crippen LogP contribution in [-0.2, 0) is 25.8 Å². The van der Waals surface area contributed by atoms with E-state index < -0.39 is 6.36 Å². The highest BCUT2D eigenvalue weighted by Crippen LogP contribution is 2.24. The zero-order valence-electron chi connectivity index (χ0n) is 18.3. The molecule has 0 saturated carbocycles. The van der Waals surface area contributed by atoms with Gasteiger partial charge in [-0.1, -0.05) is 37.3 Å². The van der Waals surface area contributed by atoms with E-state index in [9.17, 15) is 18.3 Å². The summed E-state index contributed by atoms with van der Waals surface area (Å²) >= 11 is 0. The molecule has 0 spiro atoms. The molecule has 174 valence electrons. The number of nitrogens with zero attached hydrogens (tertiary/aromatic N) is 3. The normalized spacial score (nSPS) is 11.3. The third kappa shape index (κ3) is 7.24. The fraction of sp³-hybridized carbons (Fsp3) is 0.280. The van der Waals surface area contributed by atoms with Crippen LogP contribution in [-0.4, -0.2) is 28.0 Å². The van der Waals surface area contributed by atoms with E-state index in [1.165, 1.54) is 12.1 Å². The van der Waals surface area contributed by atoms with Gasteiger partial charge in [-0.15, -0.1) is 19.8 Å². The predicted molar refractivity (Wildman–Crippen MR) is 121 cm³/mol. The van der Waals surface area contributed by atoms with Crippen LogP contribution in [0.25, 0.3) is 0 Å². The van der Waals surface area contributed by atoms with Crippen molar-refractivity contribution in [1.82, 2.24) is 9.97 Å². The number of anilines is 1. The maximum absolute atomic E-state index is 12.4. The molecule has 0 bridgehead atoms. The van der Waals surface area contributed by atoms with Crippen molar-refractivity contribution in [3.05, 3.63) is 89.8 Å². The van der Waals surface area contributed by atoms with Crippen molar-refractivity contribution in [2.24, 2.45) is 0 Å². The predicted octanol–water partition coefficient (Wildman–Crippen LogP) is 5.62. The second kappa shape index (κ2) is 10.8. The molecular formula is C25H26F3N3O2. The molecule has 0 saturated heterocycles. The number of allylic oxidation sites excluding steroid dienone is 1. The molecule has 0 aliphatic rings. The van der Waals surface area contributed by atoms with E-state index in [1.54, 1.807) is 36.7 Å². The molecule has 0 aliphatic heterocycles. The van der Waals surface area contributed by atoms with Gasteiger partial charge in [-0.05, 0) is 59.7 Å². The van der Waals surface area contributed by atoms with Gasteiger partial charge in [0.1, 0.15) is 11.5 Å². The SMILES string of the molecule is C=CCc1cc(CCN(Cc2ccc(OC(F)(F)F)cc2)c2ncc(CC)cn2)ccc1O. The van der Waals surface area contributed by atoms with Gasteiger partial charge in [0.2, 0.25) is 5.95 Å². The van der Waals surface area contributed by atoms with Crippen molar-refractivity contribution >= 4 is 5.95 Å². The van der Waals surface area contributed by atoms with Crippen LogP contribution in [0.1, 0.15) is 29.2 Å². The summed E-state index contributed by atoms with van der Waals surface area (Å²) in [4.78, 5) is 10.9. The number of aromatic hydroxyl groups is 1. The highest BCUT2D eigenvalue weighted by molar-refractivity contribution is 5.39. The fourth-order valence-electron chi connectivity index (χ4n) is 3.34. The molecule has 0 atom stereocenters. The number of phenolic OH excluding ortho intramolecular Hbond substituents is 1. The Bertz CT molecular complexity index is 1050. The molecule has 0 fully saturated rings. The van der Waals surface area contributed by atoms with Crippen LogP contribution in [0.5, 0.6) is 11.5 Å². The summed E-state index contributed by atoms with van der Waals surface area (Å²) in [6, 6.07) is 11.3. The monoisotopic (exact) mass is 457 g/mol. The van der Waals surface area contributed by atoms with E-state index in [1.807, 2.05) is 24.0 Å². The molecular weight excluding hydrogens is 431 g/mol. The van der Waals surface area contributed by atoms with Crippen molar-refractivity contribution in [2.75, 3.05) is 11.4 Å². The number of hydrogen-bond donors (Lipinski definition) is 1. The molecule has 5 nitrogen and oxygen atoms in total. The second-order valence-corrected chi connectivity index (χ2v) is 7.56. The first-order valence-electron chi connectivity index (χ1n) is 10.6. The number of alkyl halides is 3. The van der Waals surface area contributed by atoms with E-state index in [2.05, 4.69) is 21.3 Å². The zero-order valence-corrected chi connectivity index (χ0v) is 18.3. The first kappa shape index (κ1) is 24.1. The highest BCUT2D eigenvalue weighted by Gasteiger charge is 2.31. The van der Waals surface area contributed by atoms with E-state index in [0.717, 1.165) is 28.7 Å². The van der Waals surface area contributed by atoms with Gasteiger partial charge in [0.25, 0.3) is 0 Å². The lowest BCUT2D eigenvalue weighted by molar-refractivity contribution is -0.274. The Morgan fingerprint density at radius 3 is 2.30 bits per heavy atom. The highest BCUT2D eigenvalue weighted by atomic mass is 19.4. The third-order valence-electron chi connectivity index (χ3n) is 5.09. The Morgan fingerprint density at radius 2 is 1.70 bits per heavy atom. The molecule has 3 rings (SSSR count). The van der Waals surface area contributed by atoms with Crippen molar-refractivity contribution < 1.29 is 23.0 Å². The topological polar surface area (TPSA) is 58.5 Å². The summed E-state index contributed by atoms with van der Waals surface area (Å²) in [5, 5.41) is 10.00. The maximum atomic E-state index is 12.4. The van der Waals surface area contributed by atoms with Crippen molar-refractivity contribution in [3.8, 4) is 11.5 Å². The number of rotatable bonds is 10. The Balaban J connectivity index is 1.78. The standard InChI is InChI=1S/C25H26F3N3O2/c1-3-5-21-14-19(8-11-23(21)32)12-13-31(24-29-15-18(4-2)16-30-24)17-20-6-9-22(10-7-20)33-25(26,27)28/h3,6-11,14-16,32H,1,4-5,12-13,17H2,2H3. The Kier molecular flexibility index (Phi) is 7.92. The summed E-state index contributed by atoms with van der Waals surface area (Å²) in [5.41, 5.74) is 3.65. The number of aryl methyl sites for hydroxylation is 1. The summed E-state index contributed by atoms with van der Waals surface area (Å²) in [7, 11) is 0. The lowest BCUT2D eigenvalue weighted by Gasteiger charge is -2.23. The second-order valence-electron chi connectivity index (χ2n) is 7.56. The lowest BCUT2D eigenvalue weighted by atomic mass is 10.0. The Labute approximate surface area is 191 Å². The number of phenols is 1. The van der Waals surface area contributed by atoms with Gasteiger partial charge in [0, 0.05) is 25.5 Å². The molecule has 1 heterocycles. The number of hydrogen-bond acceptors (Lipinski definition) is 5. The molecule has 0 unspecified atom stereocenters. The van der Waals surface area contributed by atoms with Crippen LogP contribution in [0.3, 0.4) is 0 Å². The number of ether oxygens (including phenoxy) is 1. The molecule has 0 amide bonds. The van der Waals surface area contributed by atoms with Gasteiger partial charge in [-0.3, -0.25) is 0 Å². The van der Waals surface area contributed by atoms with Gasteiger partial charge in [0.05, 0.1) is 0 Å². The number of halogens is 3. The largest absolute Gasteiger partial charge is 0.573 e. The van der Waals surface area contributed by atoms with E-state index >= 15 is 0 Å². The maximum Gasteiger partial charge on any atom is 0.573 e. The molecule has 33 heavy (non-hydrogen) atoms. The van der Waals surface area contributed by atoms with Crippen LogP contribution < -0.4 is 9.64 Å². The van der Waals surface area contributed by atoms with E-state index in [4.69, 9.17) is 0 Å². The van der Waals surface area contributed by atoms with Gasteiger partial charge in [-0.2, -0.15) is 0 Å². The van der Waals surface area contributed by atoms with E-state index in [0.29, 0.717) is 31.9 Å². The van der Waals surface area contributed by atoms with E-state index in [-0.39, 0.29) is 11.5 Å². The number of benzene rings is 2. The van der Waals surface area contributed by atoms with Crippen molar-refractivity contribution in [1.29, 1.82) is 0 Å². The summed E-state index contributed by atoms with van der Waals surface area (Å²) in [6.45, 7) is 6.73. The fourth-order valence-corrected chi connectivity index (χ4v) is 3.34. The minimum absolute atomic E-state index is 0.232. The first-order valence-corrected chi connectivity index (χ1v) is 10.6. The third-order valence-corrected chi connectivity index (χ3v) is 5.09. The van der Waals surface area contributed by atoms with Crippen LogP contribution in [0, 0.1) is 0 Å². The van der Waals surface area contributed by atoms with Gasteiger partial charge >= 0.3 is 6.36 Å². The molecule has 1 N–H and O–H groups in total. The zero-order chi connectivity index (χ0) is 23.8. The number of aromatic nitrogens is 2. The van der Waals surface area contributed by atoms with Crippen LogP contribution >= 0.6 is 0 Å². The van der Waals surface area contributed by atoms with Crippen LogP contribution in [0.4, 0.5) is 19.1 Å². The van der Waals surface area contributed by atoms with Crippen LogP contribution in [0.2, 0.25) is 0 Å². The van der Waals surface area contributed by atoms with Gasteiger partial charge < -0.3 is 14.7 Å². The van der Waals surface area contributed by atoms with Crippen LogP contribution in [0.15, 0.2) is 67.5 Å². The average Bonchev–Trinajstić information content (AvgIpc) is 2.79. The van der Waals surface area contributed by atoms with Gasteiger partial charge in [-0.25, -0.2) is 9.97 Å². The molecule has 1 aromatic heterocycles. The molecule has 0 aliphatic carbocycles. The quantitative estimate of drug-likeness (QED) is 0.401. The minimum atomic E-state index is -4.73. The van der Waals surface area contributed by atoms with Crippen molar-refractivity contribution in [2.45, 2.75) is 39.1 Å². The minimum Gasteiger partial charge on any atom is -0.508 e. The summed E-state index contributed by atoms with van der Waals surface area (Å²) < 4.78 is 41.2. The van der Waals surface area contributed by atoms with Gasteiger partial charge in [0.15, 0.2) is 0 Å². The first-order chi connectivity index (χ1) is 15.8. The lowest BCUT2D eigenvalue weighted by Crippen LogP contribution is -2.27. The smallest absolute Gasteiger partial charge is 0.508 e. The molecule has 2 aromatic carbocycles. The molecule has 0 radical (unpaired) electrons. The Hall–Kier alpha value is -3.55. The summed E-state index contributed by atoms with van der Waals surface area (Å²) in [6.07, 6.45) is 2.62. The molecule has 3 aromatic rings. The van der Waals surface area contributed by atoms with Crippen molar-refractivity contribution in [3.63, 3.8) is 0 Å². The average molecular weight is 457 g/mol. The molecule has 8 heteroatoms. The Morgan fingerprint density at radius 1 is 1.03 bits per heavy atom. The summed E-state index contributed by atoms with van der Waals surface area (Å²) in [5.74, 6) is 0.503.